The monoisotopic (exact) mass is 694 g/mol. The van der Waals surface area contributed by atoms with Gasteiger partial charge >= 0.3 is 5.65 Å². The van der Waals surface area contributed by atoms with Crippen LogP contribution in [0.2, 0.25) is 0 Å². The van der Waals surface area contributed by atoms with Crippen molar-refractivity contribution in [2.24, 2.45) is 10.3 Å². The Labute approximate surface area is 280 Å². The number of nitrogen functional groups attached to an aromatic ring is 1. The number of thiazole rings is 1. The third kappa shape index (κ3) is 5.98. The summed E-state index contributed by atoms with van der Waals surface area (Å²) in [5.74, 6) is -2.37. The molecule has 47 heavy (non-hydrogen) atoms. The number of rotatable bonds is 11. The fraction of sp³-hybridized carbons (Fsp3) is 0.345. The van der Waals surface area contributed by atoms with E-state index < -0.39 is 29.2 Å². The maximum absolute atomic E-state index is 13.3. The second kappa shape index (κ2) is 12.8. The van der Waals surface area contributed by atoms with E-state index in [4.69, 9.17) is 10.6 Å². The number of carbonyl (C=O) groups is 3. The smallest absolute Gasteiger partial charge is 0.307 e. The Hall–Kier alpha value is -4.68. The van der Waals surface area contributed by atoms with Crippen molar-refractivity contribution in [2.45, 2.75) is 37.3 Å². The number of fused-ring (bicyclic) bond motifs is 2. The summed E-state index contributed by atoms with van der Waals surface area (Å²) in [7, 11) is 1.28. The van der Waals surface area contributed by atoms with Gasteiger partial charge in [0.25, 0.3) is 11.8 Å². The number of nitrogens with one attached hydrogen (secondary N) is 1. The molecule has 0 aliphatic carbocycles. The highest BCUT2D eigenvalue weighted by atomic mass is 32.2. The number of aliphatic carboxylic acids is 1. The molecular formula is C29H30N10O5S3. The van der Waals surface area contributed by atoms with Crippen LogP contribution in [0.1, 0.15) is 29.0 Å². The molecule has 0 aromatic carbocycles. The van der Waals surface area contributed by atoms with Crippen LogP contribution < -0.4 is 20.7 Å². The van der Waals surface area contributed by atoms with E-state index in [9.17, 15) is 19.5 Å². The second-order valence-electron chi connectivity index (χ2n) is 11.1. The van der Waals surface area contributed by atoms with Gasteiger partial charge in [-0.25, -0.2) is 14.2 Å². The predicted octanol–water partition coefficient (Wildman–Crippen LogP) is 0.0611. The van der Waals surface area contributed by atoms with Crippen LogP contribution in [0.25, 0.3) is 5.65 Å². The normalized spacial score (nSPS) is 19.9. The van der Waals surface area contributed by atoms with Crippen LogP contribution in [0.5, 0.6) is 0 Å². The predicted molar refractivity (Wildman–Crippen MR) is 175 cm³/mol. The Kier molecular flexibility index (Phi) is 8.46. The summed E-state index contributed by atoms with van der Waals surface area (Å²) in [6.45, 7) is 2.92. The third-order valence-corrected chi connectivity index (χ3v) is 11.0. The molecule has 3 aliphatic rings. The summed E-state index contributed by atoms with van der Waals surface area (Å²) in [6.07, 6.45) is 10.1. The van der Waals surface area contributed by atoms with Crippen molar-refractivity contribution in [1.82, 2.24) is 29.4 Å². The van der Waals surface area contributed by atoms with Crippen LogP contribution in [0.3, 0.4) is 0 Å². The molecule has 0 bridgehead atoms. The molecule has 3 aliphatic heterocycles. The first-order valence-corrected chi connectivity index (χ1v) is 17.5. The van der Waals surface area contributed by atoms with Gasteiger partial charge in [0.15, 0.2) is 17.0 Å². The quantitative estimate of drug-likeness (QED) is 0.0951. The number of hydrogen-bond acceptors (Lipinski definition) is 13. The van der Waals surface area contributed by atoms with E-state index in [1.54, 1.807) is 16.7 Å². The lowest BCUT2D eigenvalue weighted by atomic mass is 10.0. The summed E-state index contributed by atoms with van der Waals surface area (Å²) in [5, 5.41) is 28.7. The lowest BCUT2D eigenvalue weighted by molar-refractivity contribution is -0.661. The standard InChI is InChI=1S/C29H30N10O5S3/c1-44-34-22(20-16-47-29(30)32-20)25(40)33-23-26(41)39-24(28(42)43)18(15-46-27(23)39)12-37-7-4-21-35(8-9-38(21)37)13-19-10-17(14-45-19)11-31-36-5-2-3-6-36/h4,7-11,14,16,23,27H,2-3,5-6,12-13,15H2,1H3,(H3-,30,32,33,40,42,43)/b31-11?,34-22-/t23-,27-/m1/s1. The summed E-state index contributed by atoms with van der Waals surface area (Å²) in [4.78, 5) is 49.9. The Morgan fingerprint density at radius 3 is 2.83 bits per heavy atom. The molecule has 244 valence electrons. The number of thioether (sulfide) groups is 1. The second-order valence-corrected chi connectivity index (χ2v) is 14.1. The van der Waals surface area contributed by atoms with Crippen LogP contribution >= 0.6 is 34.4 Å². The average molecular weight is 695 g/mol. The topological polar surface area (TPSA) is 179 Å². The van der Waals surface area contributed by atoms with Crippen molar-refractivity contribution in [2.75, 3.05) is 31.7 Å². The number of oxime groups is 1. The van der Waals surface area contributed by atoms with Gasteiger partial charge in [-0.1, -0.05) is 5.16 Å². The molecule has 7 rings (SSSR count). The number of carbonyl (C=O) groups excluding carboxylic acids is 3. The Balaban J connectivity index is 1.05. The van der Waals surface area contributed by atoms with Crippen molar-refractivity contribution in [1.29, 1.82) is 0 Å². The number of amides is 2. The molecule has 7 heterocycles. The molecule has 4 aromatic heterocycles. The molecular weight excluding hydrogens is 665 g/mol. The molecule has 4 aromatic rings. The highest BCUT2D eigenvalue weighted by Gasteiger charge is 2.53. The van der Waals surface area contributed by atoms with Gasteiger partial charge in [0, 0.05) is 34.7 Å². The van der Waals surface area contributed by atoms with Gasteiger partial charge in [0.1, 0.15) is 37.0 Å². The number of thiophene rings is 1. The van der Waals surface area contributed by atoms with E-state index in [0.29, 0.717) is 17.9 Å². The minimum atomic E-state index is -1.45. The molecule has 18 heteroatoms. The summed E-state index contributed by atoms with van der Waals surface area (Å²) in [5.41, 5.74) is 8.12. The van der Waals surface area contributed by atoms with E-state index >= 15 is 0 Å². The Morgan fingerprint density at radius 1 is 1.26 bits per heavy atom. The van der Waals surface area contributed by atoms with Gasteiger partial charge in [-0.15, -0.1) is 39.0 Å². The fourth-order valence-corrected chi connectivity index (χ4v) is 8.59. The van der Waals surface area contributed by atoms with E-state index in [1.165, 1.54) is 41.5 Å². The largest absolute Gasteiger partial charge is 0.543 e. The van der Waals surface area contributed by atoms with Crippen molar-refractivity contribution in [3.8, 4) is 0 Å². The molecule has 2 fully saturated rings. The minimum absolute atomic E-state index is 0.143. The lowest BCUT2D eigenvalue weighted by Crippen LogP contribution is -2.71. The summed E-state index contributed by atoms with van der Waals surface area (Å²) >= 11 is 4.17. The zero-order valence-electron chi connectivity index (χ0n) is 25.1. The van der Waals surface area contributed by atoms with Crippen molar-refractivity contribution < 1.29 is 28.9 Å². The first-order chi connectivity index (χ1) is 22.8. The van der Waals surface area contributed by atoms with Gasteiger partial charge in [0.2, 0.25) is 0 Å². The number of hydrogen-bond donors (Lipinski definition) is 2. The number of imidazole rings is 1. The number of nitrogens with zero attached hydrogens (tertiary/aromatic N) is 8. The summed E-state index contributed by atoms with van der Waals surface area (Å²) < 4.78 is 5.96. The molecule has 2 atom stereocenters. The van der Waals surface area contributed by atoms with Gasteiger partial charge in [0.05, 0.1) is 36.7 Å². The third-order valence-electron chi connectivity index (χ3n) is 8.08. The number of carboxylic acids is 1. The first kappa shape index (κ1) is 30.9. The molecule has 2 saturated heterocycles. The van der Waals surface area contributed by atoms with E-state index in [1.807, 2.05) is 40.1 Å². The number of carboxylic acid groups (broad SMARTS) is 1. The lowest BCUT2D eigenvalue weighted by Gasteiger charge is -2.50. The Morgan fingerprint density at radius 2 is 2.09 bits per heavy atom. The highest BCUT2D eigenvalue weighted by Crippen LogP contribution is 2.40. The molecule has 2 amide bonds. The SMILES string of the molecule is CO/N=C(\C(=O)N[C@@H]1C(=O)N2C(C(=O)[O-])=C(Cn3ccc4n3cc[n+]4Cc3cc(C=NN4CCCC4)cs3)CS[C@H]12)c1csc(N)n1. The van der Waals surface area contributed by atoms with Crippen LogP contribution in [-0.4, -0.2) is 91.2 Å². The summed E-state index contributed by atoms with van der Waals surface area (Å²) in [6, 6.07) is 3.15. The average Bonchev–Trinajstić information content (AvgIpc) is 3.90. The molecule has 0 spiro atoms. The number of aromatic nitrogens is 4. The van der Waals surface area contributed by atoms with Crippen LogP contribution in [-0.2, 0) is 32.3 Å². The van der Waals surface area contributed by atoms with Crippen LogP contribution in [0.4, 0.5) is 5.13 Å². The highest BCUT2D eigenvalue weighted by molar-refractivity contribution is 8.00. The van der Waals surface area contributed by atoms with Crippen molar-refractivity contribution >= 4 is 74.9 Å². The number of nitrogens with two attached hydrogens (primary N) is 1. The van der Waals surface area contributed by atoms with Gasteiger partial charge < -0.3 is 25.8 Å². The minimum Gasteiger partial charge on any atom is -0.543 e. The maximum Gasteiger partial charge on any atom is 0.307 e. The van der Waals surface area contributed by atoms with Crippen molar-refractivity contribution in [3.05, 3.63) is 68.9 Å². The van der Waals surface area contributed by atoms with Crippen molar-refractivity contribution in [3.63, 3.8) is 0 Å². The van der Waals surface area contributed by atoms with Crippen LogP contribution in [0, 0.1) is 0 Å². The van der Waals surface area contributed by atoms with E-state index in [-0.39, 0.29) is 28.8 Å². The maximum atomic E-state index is 13.3. The van der Waals surface area contributed by atoms with Gasteiger partial charge in [-0.05, 0) is 29.9 Å². The zero-order valence-corrected chi connectivity index (χ0v) is 27.6. The molecule has 3 N–H and O–H groups in total. The van der Waals surface area contributed by atoms with E-state index in [2.05, 4.69) is 41.6 Å². The zero-order chi connectivity index (χ0) is 32.7. The Bertz CT molecular complexity index is 1950. The molecule has 0 unspecified atom stereocenters. The molecule has 0 saturated carbocycles. The molecule has 15 nitrogen and oxygen atoms in total. The fourth-order valence-electron chi connectivity index (χ4n) is 5.88. The number of β-lactam (4-membered cyclic amide) rings is 1. The van der Waals surface area contributed by atoms with Gasteiger partial charge in [-0.3, -0.25) is 19.5 Å². The van der Waals surface area contributed by atoms with Crippen LogP contribution in [0.15, 0.2) is 63.0 Å². The van der Waals surface area contributed by atoms with E-state index in [0.717, 1.165) is 35.6 Å². The number of anilines is 1. The molecule has 0 radical (unpaired) electrons. The number of hydrazone groups is 1. The first-order valence-electron chi connectivity index (χ1n) is 14.7. The van der Waals surface area contributed by atoms with Gasteiger partial charge in [-0.2, -0.15) is 5.10 Å².